The minimum absolute atomic E-state index is 0.129. The summed E-state index contributed by atoms with van der Waals surface area (Å²) in [5.74, 6) is -0.437. The van der Waals surface area contributed by atoms with Crippen molar-refractivity contribution < 1.29 is 4.79 Å². The fourth-order valence-electron chi connectivity index (χ4n) is 1.47. The predicted molar refractivity (Wildman–Crippen MR) is 89.4 cm³/mol. The molecule has 0 fully saturated rings. The van der Waals surface area contributed by atoms with E-state index in [0.29, 0.717) is 10.7 Å². The number of hydrogen-bond acceptors (Lipinski definition) is 3. The van der Waals surface area contributed by atoms with Gasteiger partial charge in [-0.25, -0.2) is 4.98 Å². The smallest absolute Gasteiger partial charge is 0.257 e. The van der Waals surface area contributed by atoms with E-state index in [1.54, 1.807) is 24.3 Å². The summed E-state index contributed by atoms with van der Waals surface area (Å²) in [6.45, 7) is 0. The molecular formula is C13H8Cl3N3OS. The van der Waals surface area contributed by atoms with Gasteiger partial charge < -0.3 is 5.32 Å². The molecule has 0 spiro atoms. The molecule has 0 atom stereocenters. The molecule has 0 saturated heterocycles. The van der Waals surface area contributed by atoms with Crippen molar-refractivity contribution in [2.45, 2.75) is 0 Å². The van der Waals surface area contributed by atoms with Gasteiger partial charge in [0.15, 0.2) is 5.11 Å². The Kier molecular flexibility index (Phi) is 5.36. The van der Waals surface area contributed by atoms with Crippen molar-refractivity contribution in [3.05, 3.63) is 57.3 Å². The van der Waals surface area contributed by atoms with Crippen LogP contribution in [-0.2, 0) is 0 Å². The molecule has 2 rings (SSSR count). The van der Waals surface area contributed by atoms with E-state index >= 15 is 0 Å². The molecule has 8 heteroatoms. The fraction of sp³-hybridized carbons (Fsp3) is 0. The van der Waals surface area contributed by atoms with E-state index in [0.717, 1.165) is 0 Å². The third-order valence-electron chi connectivity index (χ3n) is 2.35. The number of anilines is 1. The average Bonchev–Trinajstić information content (AvgIpc) is 2.40. The molecule has 0 radical (unpaired) electrons. The van der Waals surface area contributed by atoms with Crippen molar-refractivity contribution in [1.29, 1.82) is 0 Å². The van der Waals surface area contributed by atoms with E-state index in [4.69, 9.17) is 47.0 Å². The van der Waals surface area contributed by atoms with Crippen LogP contribution in [0.5, 0.6) is 0 Å². The van der Waals surface area contributed by atoms with E-state index in [2.05, 4.69) is 15.6 Å². The predicted octanol–water partition coefficient (Wildman–Crippen LogP) is 4.17. The van der Waals surface area contributed by atoms with E-state index in [1.807, 2.05) is 0 Å². The number of amides is 1. The van der Waals surface area contributed by atoms with Crippen LogP contribution in [0.15, 0.2) is 36.4 Å². The molecule has 0 aliphatic carbocycles. The summed E-state index contributed by atoms with van der Waals surface area (Å²) in [6.07, 6.45) is 0. The highest BCUT2D eigenvalue weighted by Crippen LogP contribution is 2.15. The first kappa shape index (κ1) is 16.0. The zero-order chi connectivity index (χ0) is 15.4. The van der Waals surface area contributed by atoms with Gasteiger partial charge in [0, 0.05) is 16.3 Å². The Hall–Kier alpha value is -1.40. The Labute approximate surface area is 141 Å². The van der Waals surface area contributed by atoms with Gasteiger partial charge in [-0.15, -0.1) is 0 Å². The zero-order valence-corrected chi connectivity index (χ0v) is 13.4. The van der Waals surface area contributed by atoms with Gasteiger partial charge >= 0.3 is 0 Å². The lowest BCUT2D eigenvalue weighted by atomic mass is 10.2. The number of carbonyl (C=O) groups is 1. The number of carbonyl (C=O) groups excluding carboxylic acids is 1. The topological polar surface area (TPSA) is 54.0 Å². The zero-order valence-electron chi connectivity index (χ0n) is 10.4. The molecule has 2 N–H and O–H groups in total. The van der Waals surface area contributed by atoms with Crippen molar-refractivity contribution in [2.75, 3.05) is 5.32 Å². The van der Waals surface area contributed by atoms with E-state index in [9.17, 15) is 4.79 Å². The van der Waals surface area contributed by atoms with E-state index in [1.165, 1.54) is 12.1 Å². The Balaban J connectivity index is 2.01. The lowest BCUT2D eigenvalue weighted by Crippen LogP contribution is -2.34. The summed E-state index contributed by atoms with van der Waals surface area (Å²) in [6, 6.07) is 9.68. The lowest BCUT2D eigenvalue weighted by molar-refractivity contribution is 0.0977. The quantitative estimate of drug-likeness (QED) is 0.623. The second-order valence-corrected chi connectivity index (χ2v) is 5.54. The van der Waals surface area contributed by atoms with Gasteiger partial charge in [-0.05, 0) is 48.6 Å². The standard InChI is InChI=1S/C13H8Cl3N3OS/c14-8-1-3-9(4-2-8)17-13(21)19-12(20)7-5-10(15)18-11(16)6-7/h1-6H,(H2,17,19,20,21). The number of halogens is 3. The summed E-state index contributed by atoms with van der Waals surface area (Å²) >= 11 is 22.3. The molecule has 1 aromatic carbocycles. The van der Waals surface area contributed by atoms with Crippen LogP contribution in [0.25, 0.3) is 0 Å². The van der Waals surface area contributed by atoms with Crippen LogP contribution < -0.4 is 10.6 Å². The van der Waals surface area contributed by atoms with Gasteiger partial charge in [-0.2, -0.15) is 0 Å². The Bertz CT molecular complexity index is 671. The Morgan fingerprint density at radius 1 is 1.05 bits per heavy atom. The number of aromatic nitrogens is 1. The number of rotatable bonds is 2. The largest absolute Gasteiger partial charge is 0.332 e. The number of pyridine rings is 1. The molecule has 21 heavy (non-hydrogen) atoms. The molecule has 1 amide bonds. The highest BCUT2D eigenvalue weighted by Gasteiger charge is 2.10. The molecule has 0 bridgehead atoms. The van der Waals surface area contributed by atoms with Crippen LogP contribution in [0, 0.1) is 0 Å². The second kappa shape index (κ2) is 7.04. The first-order valence-corrected chi connectivity index (χ1v) is 7.19. The minimum Gasteiger partial charge on any atom is -0.332 e. The van der Waals surface area contributed by atoms with Gasteiger partial charge in [0.1, 0.15) is 10.3 Å². The normalized spacial score (nSPS) is 10.0. The number of benzene rings is 1. The van der Waals surface area contributed by atoms with Crippen LogP contribution in [-0.4, -0.2) is 16.0 Å². The molecule has 0 saturated carbocycles. The molecule has 0 aliphatic rings. The third kappa shape index (κ3) is 4.82. The maximum absolute atomic E-state index is 12.0. The summed E-state index contributed by atoms with van der Waals surface area (Å²) in [5.41, 5.74) is 0.968. The molecule has 1 heterocycles. The van der Waals surface area contributed by atoms with Crippen LogP contribution in [0.4, 0.5) is 5.69 Å². The van der Waals surface area contributed by atoms with E-state index < -0.39 is 5.91 Å². The van der Waals surface area contributed by atoms with Gasteiger partial charge in [0.05, 0.1) is 0 Å². The summed E-state index contributed by atoms with van der Waals surface area (Å²) < 4.78 is 0. The Morgan fingerprint density at radius 3 is 2.19 bits per heavy atom. The summed E-state index contributed by atoms with van der Waals surface area (Å²) in [5, 5.41) is 6.39. The minimum atomic E-state index is -0.437. The molecule has 0 aliphatic heterocycles. The van der Waals surface area contributed by atoms with Gasteiger partial charge in [-0.3, -0.25) is 10.1 Å². The molecule has 2 aromatic rings. The van der Waals surface area contributed by atoms with Gasteiger partial charge in [0.2, 0.25) is 0 Å². The lowest BCUT2D eigenvalue weighted by Gasteiger charge is -2.09. The number of hydrogen-bond donors (Lipinski definition) is 2. The van der Waals surface area contributed by atoms with Crippen molar-refractivity contribution in [3.8, 4) is 0 Å². The highest BCUT2D eigenvalue weighted by molar-refractivity contribution is 7.80. The maximum atomic E-state index is 12.0. The van der Waals surface area contributed by atoms with Gasteiger partial charge in [0.25, 0.3) is 5.91 Å². The molecule has 0 unspecified atom stereocenters. The average molecular weight is 361 g/mol. The van der Waals surface area contributed by atoms with Crippen LogP contribution >= 0.6 is 47.0 Å². The number of thiocarbonyl (C=S) groups is 1. The van der Waals surface area contributed by atoms with Crippen molar-refractivity contribution in [2.24, 2.45) is 0 Å². The van der Waals surface area contributed by atoms with Gasteiger partial charge in [-0.1, -0.05) is 34.8 Å². The Morgan fingerprint density at radius 2 is 1.62 bits per heavy atom. The molecular weight excluding hydrogens is 353 g/mol. The maximum Gasteiger partial charge on any atom is 0.257 e. The molecule has 1 aromatic heterocycles. The SMILES string of the molecule is O=C(NC(=S)Nc1ccc(Cl)cc1)c1cc(Cl)nc(Cl)c1. The van der Waals surface area contributed by atoms with Crippen molar-refractivity contribution >= 4 is 63.7 Å². The fourth-order valence-corrected chi connectivity index (χ4v) is 2.26. The summed E-state index contributed by atoms with van der Waals surface area (Å²) in [4.78, 5) is 15.8. The third-order valence-corrected chi connectivity index (χ3v) is 3.20. The first-order chi connectivity index (χ1) is 9.94. The van der Waals surface area contributed by atoms with E-state index in [-0.39, 0.29) is 21.0 Å². The van der Waals surface area contributed by atoms with Crippen LogP contribution in [0.2, 0.25) is 15.3 Å². The highest BCUT2D eigenvalue weighted by atomic mass is 35.5. The monoisotopic (exact) mass is 359 g/mol. The summed E-state index contributed by atoms with van der Waals surface area (Å²) in [7, 11) is 0. The van der Waals surface area contributed by atoms with Crippen LogP contribution in [0.3, 0.4) is 0 Å². The van der Waals surface area contributed by atoms with Crippen LogP contribution in [0.1, 0.15) is 10.4 Å². The van der Waals surface area contributed by atoms with Crippen molar-refractivity contribution in [3.63, 3.8) is 0 Å². The first-order valence-electron chi connectivity index (χ1n) is 5.65. The van der Waals surface area contributed by atoms with Crippen molar-refractivity contribution in [1.82, 2.24) is 10.3 Å². The second-order valence-electron chi connectivity index (χ2n) is 3.92. The molecule has 4 nitrogen and oxygen atoms in total. The number of nitrogens with zero attached hydrogens (tertiary/aromatic N) is 1. The number of nitrogens with one attached hydrogen (secondary N) is 2. The molecule has 108 valence electrons.